The van der Waals surface area contributed by atoms with Gasteiger partial charge in [-0.25, -0.2) is 9.47 Å². The van der Waals surface area contributed by atoms with Crippen LogP contribution in [0, 0.1) is 0 Å². The number of carbonyl (C=O) groups excluding carboxylic acids is 1. The summed E-state index contributed by atoms with van der Waals surface area (Å²) in [5.41, 5.74) is 3.10. The number of hydrogen-bond acceptors (Lipinski definition) is 4. The third-order valence-electron chi connectivity index (χ3n) is 4.43. The number of aromatic nitrogens is 1. The highest BCUT2D eigenvalue weighted by Crippen LogP contribution is 2.22. The number of carbonyl (C=O) groups is 2. The molecule has 1 aromatic carbocycles. The molecule has 0 radical (unpaired) electrons. The first kappa shape index (κ1) is 17.0. The number of aromatic carboxylic acids is 1. The Balaban J connectivity index is 2.25. The molecule has 1 aliphatic heterocycles. The van der Waals surface area contributed by atoms with Gasteiger partial charge in [0.15, 0.2) is 0 Å². The maximum absolute atomic E-state index is 12.9. The van der Waals surface area contributed by atoms with Crippen molar-refractivity contribution < 1.29 is 14.7 Å². The fourth-order valence-electron chi connectivity index (χ4n) is 3.23. The lowest BCUT2D eigenvalue weighted by atomic mass is 10.0. The number of benzene rings is 1. The number of nitrogens with zero attached hydrogens (tertiary/aromatic N) is 2. The zero-order valence-electron chi connectivity index (χ0n) is 14.1. The monoisotopic (exact) mass is 343 g/mol. The number of carboxylic acid groups (broad SMARTS) is 1. The van der Waals surface area contributed by atoms with Gasteiger partial charge in [0, 0.05) is 30.3 Å². The lowest BCUT2D eigenvalue weighted by molar-refractivity contribution is -0.128. The van der Waals surface area contributed by atoms with Gasteiger partial charge in [0.1, 0.15) is 0 Å². The smallest absolute Gasteiger partial charge is 0.338 e. The van der Waals surface area contributed by atoms with Gasteiger partial charge in [-0.15, -0.1) is 0 Å². The van der Waals surface area contributed by atoms with Crippen molar-refractivity contribution in [3.05, 3.63) is 45.9 Å². The molecule has 1 amide bonds. The number of carboxylic acids is 1. The molecule has 0 bridgehead atoms. The van der Waals surface area contributed by atoms with E-state index >= 15 is 0 Å². The third kappa shape index (κ3) is 3.09. The molecule has 0 aliphatic carbocycles. The number of pyridine rings is 1. The molecule has 25 heavy (non-hydrogen) atoms. The van der Waals surface area contributed by atoms with E-state index < -0.39 is 5.97 Å². The summed E-state index contributed by atoms with van der Waals surface area (Å²) in [6, 6.07) is 6.69. The number of nitrogens with one attached hydrogen (secondary N) is 1. The van der Waals surface area contributed by atoms with Gasteiger partial charge < -0.3 is 15.4 Å². The predicted molar refractivity (Wildman–Crippen MR) is 94.3 cm³/mol. The van der Waals surface area contributed by atoms with Crippen molar-refractivity contribution in [2.45, 2.75) is 32.7 Å². The van der Waals surface area contributed by atoms with E-state index in [0.717, 1.165) is 12.8 Å². The zero-order chi connectivity index (χ0) is 18.0. The summed E-state index contributed by atoms with van der Waals surface area (Å²) in [7, 11) is 0. The molecule has 0 spiro atoms. The molecule has 0 atom stereocenters. The largest absolute Gasteiger partial charge is 0.478 e. The van der Waals surface area contributed by atoms with Crippen LogP contribution >= 0.6 is 0 Å². The summed E-state index contributed by atoms with van der Waals surface area (Å²) in [6.45, 7) is 3.17. The Bertz CT molecular complexity index is 888. The van der Waals surface area contributed by atoms with Crippen LogP contribution in [0.25, 0.3) is 10.8 Å². The zero-order valence-corrected chi connectivity index (χ0v) is 14.1. The highest BCUT2D eigenvalue weighted by atomic mass is 16.4. The summed E-state index contributed by atoms with van der Waals surface area (Å²) in [5.74, 6) is -1.12. The molecule has 132 valence electrons. The van der Waals surface area contributed by atoms with Crippen molar-refractivity contribution in [2.24, 2.45) is 0 Å². The van der Waals surface area contributed by atoms with Gasteiger partial charge >= 0.3 is 5.97 Å². The Morgan fingerprint density at radius 2 is 1.96 bits per heavy atom. The number of rotatable bonds is 6. The molecule has 1 aliphatic rings. The molecule has 1 saturated heterocycles. The minimum Gasteiger partial charge on any atom is -0.478 e. The molecule has 2 heterocycles. The molecule has 0 unspecified atom stereocenters. The Labute approximate surface area is 144 Å². The molecule has 0 saturated carbocycles. The highest BCUT2D eigenvalue weighted by Gasteiger charge is 2.27. The molecule has 1 aromatic heterocycles. The maximum atomic E-state index is 12.9. The summed E-state index contributed by atoms with van der Waals surface area (Å²) < 4.78 is 1.31. The van der Waals surface area contributed by atoms with Crippen molar-refractivity contribution in [3.8, 4) is 0 Å². The Morgan fingerprint density at radius 3 is 2.56 bits per heavy atom. The van der Waals surface area contributed by atoms with E-state index in [0.29, 0.717) is 36.0 Å². The van der Waals surface area contributed by atoms with Crippen molar-refractivity contribution in [1.29, 1.82) is 0 Å². The van der Waals surface area contributed by atoms with Crippen LogP contribution in [-0.2, 0) is 11.3 Å². The van der Waals surface area contributed by atoms with Crippen LogP contribution in [0.1, 0.15) is 42.2 Å². The fourth-order valence-corrected chi connectivity index (χ4v) is 3.23. The topological polar surface area (TPSA) is 91.6 Å². The second kappa shape index (κ2) is 6.96. The summed E-state index contributed by atoms with van der Waals surface area (Å²) >= 11 is 0. The summed E-state index contributed by atoms with van der Waals surface area (Å²) in [6.07, 6.45) is 1.99. The van der Waals surface area contributed by atoms with Gasteiger partial charge in [-0.05, 0) is 18.9 Å². The first-order chi connectivity index (χ1) is 12.0. The van der Waals surface area contributed by atoms with Crippen LogP contribution in [-0.4, -0.2) is 39.6 Å². The third-order valence-corrected chi connectivity index (χ3v) is 4.43. The summed E-state index contributed by atoms with van der Waals surface area (Å²) in [4.78, 5) is 38.5. The van der Waals surface area contributed by atoms with Crippen molar-refractivity contribution in [1.82, 2.24) is 9.58 Å². The van der Waals surface area contributed by atoms with E-state index in [2.05, 4.69) is 5.43 Å². The number of amides is 1. The first-order valence-corrected chi connectivity index (χ1v) is 8.46. The quantitative estimate of drug-likeness (QED) is 0.834. The molecule has 2 aromatic rings. The van der Waals surface area contributed by atoms with E-state index in [4.69, 9.17) is 0 Å². The van der Waals surface area contributed by atoms with Gasteiger partial charge in [-0.2, -0.15) is 0 Å². The molecule has 7 heteroatoms. The average molecular weight is 343 g/mol. The van der Waals surface area contributed by atoms with E-state index in [1.807, 2.05) is 6.92 Å². The van der Waals surface area contributed by atoms with E-state index in [9.17, 15) is 19.5 Å². The molecule has 2 N–H and O–H groups in total. The van der Waals surface area contributed by atoms with Gasteiger partial charge in [-0.1, -0.05) is 25.1 Å². The van der Waals surface area contributed by atoms with Crippen LogP contribution in [0.4, 0.5) is 0 Å². The molecule has 1 fully saturated rings. The number of likely N-dealkylation sites (tertiary alicyclic amines) is 1. The number of fused-ring (bicyclic) bond motifs is 1. The second-order valence-corrected chi connectivity index (χ2v) is 6.14. The Hall–Kier alpha value is -2.83. The minimum absolute atomic E-state index is 0.0148. The van der Waals surface area contributed by atoms with Gasteiger partial charge in [0.25, 0.3) is 5.56 Å². The van der Waals surface area contributed by atoms with Crippen LogP contribution in [0.3, 0.4) is 0 Å². The number of hydrogen-bond donors (Lipinski definition) is 2. The van der Waals surface area contributed by atoms with Crippen LogP contribution in [0.2, 0.25) is 0 Å². The van der Waals surface area contributed by atoms with Crippen LogP contribution < -0.4 is 11.0 Å². The highest BCUT2D eigenvalue weighted by molar-refractivity contribution is 6.04. The lowest BCUT2D eigenvalue weighted by Crippen LogP contribution is -2.37. The van der Waals surface area contributed by atoms with Crippen LogP contribution in [0.5, 0.6) is 0 Å². The Kier molecular flexibility index (Phi) is 4.74. The maximum Gasteiger partial charge on any atom is 0.338 e. The van der Waals surface area contributed by atoms with E-state index in [1.54, 1.807) is 29.2 Å². The van der Waals surface area contributed by atoms with Gasteiger partial charge in [0.2, 0.25) is 5.91 Å². The fraction of sp³-hybridized carbons (Fsp3) is 0.389. The predicted octanol–water partition coefficient (Wildman–Crippen LogP) is 1.78. The van der Waals surface area contributed by atoms with E-state index in [-0.39, 0.29) is 23.6 Å². The van der Waals surface area contributed by atoms with Gasteiger partial charge in [0.05, 0.1) is 17.8 Å². The average Bonchev–Trinajstić information content (AvgIpc) is 2.99. The van der Waals surface area contributed by atoms with Crippen molar-refractivity contribution >= 4 is 22.6 Å². The lowest BCUT2D eigenvalue weighted by Gasteiger charge is -2.23. The SMILES string of the molecule is CCCNn1c(CN2CCCC2=O)c(C(=O)O)c2ccccc2c1=O. The first-order valence-electron chi connectivity index (χ1n) is 8.46. The van der Waals surface area contributed by atoms with Gasteiger partial charge in [-0.3, -0.25) is 9.59 Å². The van der Waals surface area contributed by atoms with Crippen LogP contribution in [0.15, 0.2) is 29.1 Å². The minimum atomic E-state index is -1.11. The van der Waals surface area contributed by atoms with E-state index in [1.165, 1.54) is 4.68 Å². The molecule has 7 nitrogen and oxygen atoms in total. The van der Waals surface area contributed by atoms with Crippen molar-refractivity contribution in [2.75, 3.05) is 18.5 Å². The normalized spacial score (nSPS) is 14.3. The summed E-state index contributed by atoms with van der Waals surface area (Å²) in [5, 5.41) is 10.5. The Morgan fingerprint density at radius 1 is 1.24 bits per heavy atom. The molecular weight excluding hydrogens is 322 g/mol. The molecule has 3 rings (SSSR count). The standard InChI is InChI=1S/C18H21N3O4/c1-2-9-19-21-14(11-20-10-5-8-15(20)22)16(18(24)25)12-6-3-4-7-13(12)17(21)23/h3-4,6-7,19H,2,5,8-11H2,1H3,(H,24,25). The second-order valence-electron chi connectivity index (χ2n) is 6.14. The molecular formula is C18H21N3O4. The van der Waals surface area contributed by atoms with Crippen molar-refractivity contribution in [3.63, 3.8) is 0 Å².